The number of hydrogen-bond acceptors (Lipinski definition) is 4. The fourth-order valence-corrected chi connectivity index (χ4v) is 4.04. The van der Waals surface area contributed by atoms with E-state index < -0.39 is 0 Å². The van der Waals surface area contributed by atoms with E-state index in [1.165, 1.54) is 31.5 Å². The van der Waals surface area contributed by atoms with Crippen LogP contribution in [0.4, 0.5) is 0 Å². The first-order chi connectivity index (χ1) is 13.3. The summed E-state index contributed by atoms with van der Waals surface area (Å²) in [6, 6.07) is 11.1. The van der Waals surface area contributed by atoms with Crippen molar-refractivity contribution in [3.8, 4) is 0 Å². The van der Waals surface area contributed by atoms with E-state index in [9.17, 15) is 0 Å². The van der Waals surface area contributed by atoms with Crippen LogP contribution in [0.3, 0.4) is 0 Å². The molecule has 158 valence electrons. The summed E-state index contributed by atoms with van der Waals surface area (Å²) < 4.78 is 11.3. The summed E-state index contributed by atoms with van der Waals surface area (Å²) in [7, 11) is 3.62. The topological polar surface area (TPSA) is 58.1 Å². The van der Waals surface area contributed by atoms with E-state index >= 15 is 0 Å². The second-order valence-electron chi connectivity index (χ2n) is 7.48. The molecule has 0 saturated carbocycles. The minimum atomic E-state index is -0.163. The summed E-state index contributed by atoms with van der Waals surface area (Å²) in [5, 5.41) is 7.00. The number of ether oxygens (including phenoxy) is 2. The van der Waals surface area contributed by atoms with Crippen molar-refractivity contribution in [3.05, 3.63) is 35.9 Å². The molecule has 1 aromatic rings. The molecule has 28 heavy (non-hydrogen) atoms. The summed E-state index contributed by atoms with van der Waals surface area (Å²) in [4.78, 5) is 6.99. The molecule has 1 aromatic carbocycles. The quantitative estimate of drug-likeness (QED) is 0.341. The van der Waals surface area contributed by atoms with Gasteiger partial charge in [0.1, 0.15) is 0 Å². The van der Waals surface area contributed by atoms with Gasteiger partial charge in [0.15, 0.2) is 5.96 Å². The summed E-state index contributed by atoms with van der Waals surface area (Å²) in [5.41, 5.74) is 1.20. The van der Waals surface area contributed by atoms with E-state index in [1.54, 1.807) is 7.11 Å². The Bertz CT molecular complexity index is 587. The second-order valence-corrected chi connectivity index (χ2v) is 7.48. The molecule has 1 atom stereocenters. The Labute approximate surface area is 186 Å². The van der Waals surface area contributed by atoms with E-state index in [0.717, 1.165) is 45.1 Å². The van der Waals surface area contributed by atoms with Gasteiger partial charge in [-0.1, -0.05) is 30.3 Å². The average molecular weight is 502 g/mol. The fourth-order valence-electron chi connectivity index (χ4n) is 4.04. The molecule has 0 radical (unpaired) electrons. The van der Waals surface area contributed by atoms with E-state index in [1.807, 2.05) is 7.05 Å². The molecular weight excluding hydrogens is 467 g/mol. The Balaban J connectivity index is 0.00000280. The third-order valence-electron chi connectivity index (χ3n) is 5.87. The van der Waals surface area contributed by atoms with Gasteiger partial charge >= 0.3 is 0 Å². The number of methoxy groups -OCH3 is 1. The summed E-state index contributed by atoms with van der Waals surface area (Å²) in [6.45, 7) is 5.43. The fraction of sp³-hybridized carbons (Fsp3) is 0.667. The highest BCUT2D eigenvalue weighted by Gasteiger charge is 2.32. The van der Waals surface area contributed by atoms with Crippen LogP contribution in [-0.4, -0.2) is 70.0 Å². The van der Waals surface area contributed by atoms with Crippen LogP contribution in [0.15, 0.2) is 35.3 Å². The van der Waals surface area contributed by atoms with Crippen molar-refractivity contribution < 1.29 is 9.47 Å². The van der Waals surface area contributed by atoms with Gasteiger partial charge in [-0.2, -0.15) is 0 Å². The van der Waals surface area contributed by atoms with E-state index in [2.05, 4.69) is 50.9 Å². The molecule has 2 aliphatic heterocycles. The number of halogens is 1. The SMILES string of the molecule is CN=C(NCC(c1ccccc1)N1CCCC1)NCC1(OC)CCOCC1.I. The average Bonchev–Trinajstić information content (AvgIpc) is 3.26. The van der Waals surface area contributed by atoms with Gasteiger partial charge in [0.05, 0.1) is 11.6 Å². The third-order valence-corrected chi connectivity index (χ3v) is 5.87. The molecule has 6 nitrogen and oxygen atoms in total. The Morgan fingerprint density at radius 3 is 2.46 bits per heavy atom. The number of guanidine groups is 1. The van der Waals surface area contributed by atoms with E-state index in [4.69, 9.17) is 9.47 Å². The number of rotatable bonds is 7. The summed E-state index contributed by atoms with van der Waals surface area (Å²) >= 11 is 0. The predicted octanol–water partition coefficient (Wildman–Crippen LogP) is 2.80. The molecule has 0 aliphatic carbocycles. The van der Waals surface area contributed by atoms with Gasteiger partial charge < -0.3 is 20.1 Å². The molecule has 2 heterocycles. The first kappa shape index (κ1) is 23.4. The number of likely N-dealkylation sites (tertiary alicyclic amines) is 1. The molecule has 7 heteroatoms. The highest BCUT2D eigenvalue weighted by atomic mass is 127. The molecule has 2 saturated heterocycles. The minimum absolute atomic E-state index is 0. The molecule has 1 unspecified atom stereocenters. The van der Waals surface area contributed by atoms with Crippen LogP contribution in [0.25, 0.3) is 0 Å². The molecular formula is C21H35IN4O2. The lowest BCUT2D eigenvalue weighted by atomic mass is 9.94. The van der Waals surface area contributed by atoms with Crippen molar-refractivity contribution in [1.82, 2.24) is 15.5 Å². The molecule has 0 aromatic heterocycles. The minimum Gasteiger partial charge on any atom is -0.381 e. The zero-order valence-electron chi connectivity index (χ0n) is 17.2. The largest absolute Gasteiger partial charge is 0.381 e. The van der Waals surface area contributed by atoms with Gasteiger partial charge in [-0.15, -0.1) is 24.0 Å². The van der Waals surface area contributed by atoms with Crippen LogP contribution in [0.1, 0.15) is 37.3 Å². The zero-order valence-corrected chi connectivity index (χ0v) is 19.5. The van der Waals surface area contributed by atoms with Crippen molar-refractivity contribution in [1.29, 1.82) is 0 Å². The third kappa shape index (κ3) is 6.30. The standard InChI is InChI=1S/C21H34N4O2.HI/c1-22-20(24-17-21(26-2)10-14-27-15-11-21)23-16-19(25-12-6-7-13-25)18-8-4-3-5-9-18;/h3-5,8-9,19H,6-7,10-17H2,1-2H3,(H2,22,23,24);1H. The Morgan fingerprint density at radius 1 is 1.18 bits per heavy atom. The van der Waals surface area contributed by atoms with Gasteiger partial charge in [0.2, 0.25) is 0 Å². The maximum atomic E-state index is 5.82. The number of aliphatic imine (C=N–C) groups is 1. The number of benzene rings is 1. The summed E-state index contributed by atoms with van der Waals surface area (Å²) in [6.07, 6.45) is 4.39. The predicted molar refractivity (Wildman–Crippen MR) is 125 cm³/mol. The smallest absolute Gasteiger partial charge is 0.191 e. The lowest BCUT2D eigenvalue weighted by molar-refractivity contribution is -0.0855. The second kappa shape index (κ2) is 11.9. The van der Waals surface area contributed by atoms with Gasteiger partial charge in [-0.05, 0) is 31.5 Å². The van der Waals surface area contributed by atoms with E-state index in [0.29, 0.717) is 6.04 Å². The van der Waals surface area contributed by atoms with Crippen molar-refractivity contribution in [2.24, 2.45) is 4.99 Å². The van der Waals surface area contributed by atoms with Crippen molar-refractivity contribution >= 4 is 29.9 Å². The molecule has 2 N–H and O–H groups in total. The maximum Gasteiger partial charge on any atom is 0.191 e. The highest BCUT2D eigenvalue weighted by Crippen LogP contribution is 2.25. The van der Waals surface area contributed by atoms with Gasteiger partial charge in [-0.25, -0.2) is 0 Å². The monoisotopic (exact) mass is 502 g/mol. The molecule has 0 spiro atoms. The molecule has 3 rings (SSSR count). The van der Waals surface area contributed by atoms with Crippen LogP contribution >= 0.6 is 24.0 Å². The van der Waals surface area contributed by atoms with Crippen LogP contribution in [0.2, 0.25) is 0 Å². The highest BCUT2D eigenvalue weighted by molar-refractivity contribution is 14.0. The number of nitrogens with zero attached hydrogens (tertiary/aromatic N) is 2. The van der Waals surface area contributed by atoms with Crippen LogP contribution in [0, 0.1) is 0 Å². The zero-order chi connectivity index (χ0) is 19.0. The van der Waals surface area contributed by atoms with Gasteiger partial charge in [0, 0.05) is 53.3 Å². The van der Waals surface area contributed by atoms with Crippen molar-refractivity contribution in [2.45, 2.75) is 37.3 Å². The Kier molecular flexibility index (Phi) is 9.98. The molecule has 0 bridgehead atoms. The lowest BCUT2D eigenvalue weighted by Gasteiger charge is -2.36. The molecule has 2 fully saturated rings. The summed E-state index contributed by atoms with van der Waals surface area (Å²) in [5.74, 6) is 0.832. The molecule has 0 amide bonds. The van der Waals surface area contributed by atoms with Crippen molar-refractivity contribution in [3.63, 3.8) is 0 Å². The Morgan fingerprint density at radius 2 is 1.86 bits per heavy atom. The lowest BCUT2D eigenvalue weighted by Crippen LogP contribution is -2.51. The van der Waals surface area contributed by atoms with Crippen LogP contribution < -0.4 is 10.6 Å². The maximum absolute atomic E-state index is 5.82. The number of nitrogens with one attached hydrogen (secondary N) is 2. The van der Waals surface area contributed by atoms with Crippen LogP contribution in [0.5, 0.6) is 0 Å². The first-order valence-corrected chi connectivity index (χ1v) is 10.1. The Hall–Kier alpha value is -0.900. The molecule has 2 aliphatic rings. The van der Waals surface area contributed by atoms with Crippen molar-refractivity contribution in [2.75, 3.05) is 53.6 Å². The first-order valence-electron chi connectivity index (χ1n) is 10.1. The van der Waals surface area contributed by atoms with Gasteiger partial charge in [-0.3, -0.25) is 9.89 Å². The van der Waals surface area contributed by atoms with Gasteiger partial charge in [0.25, 0.3) is 0 Å². The van der Waals surface area contributed by atoms with E-state index in [-0.39, 0.29) is 29.6 Å². The normalized spacial score (nSPS) is 21.0. The number of hydrogen-bond donors (Lipinski definition) is 2. The van der Waals surface area contributed by atoms with Crippen LogP contribution in [-0.2, 0) is 9.47 Å².